The normalized spacial score (nSPS) is 13.4. The lowest BCUT2D eigenvalue weighted by molar-refractivity contribution is 0.660. The summed E-state index contributed by atoms with van der Waals surface area (Å²) in [6.07, 6.45) is 0. The first-order valence-corrected chi connectivity index (χ1v) is 25.9. The van der Waals surface area contributed by atoms with Crippen LogP contribution in [0.4, 0.5) is 11.4 Å². The minimum atomic E-state index is -0.0966. The number of rotatable bonds is 7. The van der Waals surface area contributed by atoms with Gasteiger partial charge in [0, 0.05) is 38.7 Å². The maximum absolute atomic E-state index is 3.46. The van der Waals surface area contributed by atoms with Crippen molar-refractivity contribution in [3.63, 3.8) is 0 Å². The van der Waals surface area contributed by atoms with Crippen molar-refractivity contribution in [2.24, 2.45) is 0 Å². The summed E-state index contributed by atoms with van der Waals surface area (Å²) in [5.41, 5.74) is 26.7. The summed E-state index contributed by atoms with van der Waals surface area (Å²) in [4.78, 5) is 0. The summed E-state index contributed by atoms with van der Waals surface area (Å²) in [7, 11) is 0. The predicted octanol–water partition coefficient (Wildman–Crippen LogP) is 19.5. The quantitative estimate of drug-likeness (QED) is 0.168. The number of aromatic nitrogens is 1. The van der Waals surface area contributed by atoms with E-state index in [4.69, 9.17) is 0 Å². The second kappa shape index (κ2) is 17.9. The Morgan fingerprint density at radius 2 is 0.730 bits per heavy atom. The molecule has 0 saturated heterocycles. The monoisotopic (exact) mass is 948 g/mol. The standard InChI is InChI=1S/C48H37N.C24H19N/c1-47(2)39-23-10-8-19-35(39)37-28-38-36-20-9-11-26-43(36)49(44(38)29-42(37)47)32-18-12-17-31(27-32)34-22-14-25-41-46(34)45-33(30-15-6-5-7-16-30)21-13-24-40(45)48(41,3)4;1-3-7-19(8-4-1)21-11-15-23(16-12-21)25-24-17-13-22(14-18-24)20-9-5-2-6-10-20/h5-29H,1-4H3;1-18,25H. The van der Waals surface area contributed by atoms with Gasteiger partial charge in [-0.15, -0.1) is 0 Å². The molecule has 0 spiro atoms. The number of nitrogens with zero attached hydrogens (tertiary/aromatic N) is 1. The summed E-state index contributed by atoms with van der Waals surface area (Å²) >= 11 is 0. The van der Waals surface area contributed by atoms with Crippen LogP contribution < -0.4 is 5.32 Å². The van der Waals surface area contributed by atoms with Gasteiger partial charge in [0.1, 0.15) is 0 Å². The van der Waals surface area contributed by atoms with Crippen molar-refractivity contribution in [1.29, 1.82) is 0 Å². The van der Waals surface area contributed by atoms with E-state index in [0.29, 0.717) is 0 Å². The molecule has 0 fully saturated rings. The van der Waals surface area contributed by atoms with E-state index in [9.17, 15) is 0 Å². The van der Waals surface area contributed by atoms with Gasteiger partial charge in [0.25, 0.3) is 0 Å². The van der Waals surface area contributed by atoms with Gasteiger partial charge in [0.15, 0.2) is 0 Å². The van der Waals surface area contributed by atoms with Crippen molar-refractivity contribution in [3.05, 3.63) is 283 Å². The van der Waals surface area contributed by atoms with Crippen LogP contribution in [0.15, 0.2) is 261 Å². The molecule has 1 N–H and O–H groups in total. The maximum Gasteiger partial charge on any atom is 0.0544 e. The number of hydrogen-bond donors (Lipinski definition) is 1. The highest BCUT2D eigenvalue weighted by Crippen LogP contribution is 2.56. The molecule has 0 saturated carbocycles. The van der Waals surface area contributed by atoms with Crippen LogP contribution in [0.5, 0.6) is 0 Å². The zero-order valence-electron chi connectivity index (χ0n) is 42.3. The van der Waals surface area contributed by atoms with Gasteiger partial charge >= 0.3 is 0 Å². The Kier molecular flexibility index (Phi) is 10.9. The number of nitrogens with one attached hydrogen (secondary N) is 1. The third kappa shape index (κ3) is 7.56. The van der Waals surface area contributed by atoms with Crippen LogP contribution in [-0.2, 0) is 10.8 Å². The number of hydrogen-bond acceptors (Lipinski definition) is 1. The first-order chi connectivity index (χ1) is 36.2. The molecule has 11 aromatic carbocycles. The van der Waals surface area contributed by atoms with E-state index in [2.05, 4.69) is 286 Å². The van der Waals surface area contributed by atoms with Crippen LogP contribution in [-0.4, -0.2) is 4.57 Å². The first-order valence-electron chi connectivity index (χ1n) is 25.9. The lowest BCUT2D eigenvalue weighted by atomic mass is 9.81. The summed E-state index contributed by atoms with van der Waals surface area (Å²) in [6, 6.07) is 94.5. The van der Waals surface area contributed by atoms with Gasteiger partial charge in [0.2, 0.25) is 0 Å². The third-order valence-corrected chi connectivity index (χ3v) is 15.9. The molecule has 74 heavy (non-hydrogen) atoms. The summed E-state index contributed by atoms with van der Waals surface area (Å²) in [5.74, 6) is 0. The Labute approximate surface area is 434 Å². The summed E-state index contributed by atoms with van der Waals surface area (Å²) in [6.45, 7) is 9.50. The Bertz CT molecular complexity index is 3970. The SMILES string of the molecule is CC1(C)c2ccccc2-c2cc3c4ccccc4n(-c4cccc(-c5cccc6c5-c5c(-c7ccccc7)cccc5C6(C)C)c4)c3cc21.c1ccc(-c2ccc(Nc3ccc(-c4ccccc4)cc3)cc2)cc1. The molecule has 14 rings (SSSR count). The van der Waals surface area contributed by atoms with Crippen LogP contribution in [0.1, 0.15) is 49.9 Å². The molecule has 2 heteroatoms. The van der Waals surface area contributed by atoms with Crippen LogP contribution in [0.2, 0.25) is 0 Å². The molecule has 2 nitrogen and oxygen atoms in total. The van der Waals surface area contributed by atoms with Gasteiger partial charge in [-0.05, 0) is 144 Å². The second-order valence-corrected chi connectivity index (χ2v) is 20.9. The van der Waals surface area contributed by atoms with Crippen molar-refractivity contribution in [1.82, 2.24) is 4.57 Å². The molecule has 2 aliphatic rings. The molecule has 12 aromatic rings. The van der Waals surface area contributed by atoms with E-state index in [1.807, 2.05) is 12.1 Å². The molecule has 0 bridgehead atoms. The highest BCUT2D eigenvalue weighted by Gasteiger charge is 2.39. The predicted molar refractivity (Wildman–Crippen MR) is 314 cm³/mol. The maximum atomic E-state index is 3.46. The van der Waals surface area contributed by atoms with Gasteiger partial charge < -0.3 is 9.88 Å². The van der Waals surface area contributed by atoms with Gasteiger partial charge in [0.05, 0.1) is 11.0 Å². The number of para-hydroxylation sites is 1. The average molecular weight is 949 g/mol. The van der Waals surface area contributed by atoms with Crippen molar-refractivity contribution in [2.75, 3.05) is 5.32 Å². The van der Waals surface area contributed by atoms with Crippen LogP contribution in [0.3, 0.4) is 0 Å². The Morgan fingerprint density at radius 1 is 0.284 bits per heavy atom. The molecule has 0 atom stereocenters. The molecule has 2 aliphatic carbocycles. The summed E-state index contributed by atoms with van der Waals surface area (Å²) < 4.78 is 2.49. The minimum Gasteiger partial charge on any atom is -0.356 e. The van der Waals surface area contributed by atoms with Crippen LogP contribution >= 0.6 is 0 Å². The molecular weight excluding hydrogens is 893 g/mol. The lowest BCUT2D eigenvalue weighted by Gasteiger charge is -2.22. The molecule has 0 radical (unpaired) electrons. The van der Waals surface area contributed by atoms with E-state index in [1.165, 1.54) is 117 Å². The number of benzene rings is 11. The molecule has 354 valence electrons. The zero-order chi connectivity index (χ0) is 50.0. The Morgan fingerprint density at radius 3 is 1.34 bits per heavy atom. The Balaban J connectivity index is 0.000000178. The first kappa shape index (κ1) is 44.9. The van der Waals surface area contributed by atoms with Crippen LogP contribution in [0, 0.1) is 0 Å². The highest BCUT2D eigenvalue weighted by molar-refractivity contribution is 6.12. The minimum absolute atomic E-state index is 0.0650. The van der Waals surface area contributed by atoms with E-state index in [-0.39, 0.29) is 10.8 Å². The van der Waals surface area contributed by atoms with Crippen molar-refractivity contribution in [3.8, 4) is 72.4 Å². The second-order valence-electron chi connectivity index (χ2n) is 20.9. The van der Waals surface area contributed by atoms with E-state index >= 15 is 0 Å². The van der Waals surface area contributed by atoms with Gasteiger partial charge in [-0.1, -0.05) is 234 Å². The average Bonchev–Trinajstić information content (AvgIpc) is 4.00. The third-order valence-electron chi connectivity index (χ3n) is 15.9. The molecule has 1 aromatic heterocycles. The largest absolute Gasteiger partial charge is 0.356 e. The molecule has 0 aliphatic heterocycles. The highest BCUT2D eigenvalue weighted by atomic mass is 15.0. The van der Waals surface area contributed by atoms with Crippen LogP contribution in [0.25, 0.3) is 94.3 Å². The molecule has 0 unspecified atom stereocenters. The fraction of sp³-hybridized carbons (Fsp3) is 0.0833. The van der Waals surface area contributed by atoms with Crippen molar-refractivity contribution < 1.29 is 0 Å². The van der Waals surface area contributed by atoms with Crippen molar-refractivity contribution in [2.45, 2.75) is 38.5 Å². The smallest absolute Gasteiger partial charge is 0.0544 e. The van der Waals surface area contributed by atoms with E-state index in [1.54, 1.807) is 0 Å². The van der Waals surface area contributed by atoms with Crippen molar-refractivity contribution >= 4 is 33.2 Å². The van der Waals surface area contributed by atoms with Gasteiger partial charge in [-0.25, -0.2) is 0 Å². The molecular formula is C72H56N2. The van der Waals surface area contributed by atoms with E-state index in [0.717, 1.165) is 11.4 Å². The van der Waals surface area contributed by atoms with Gasteiger partial charge in [-0.3, -0.25) is 0 Å². The van der Waals surface area contributed by atoms with E-state index < -0.39 is 0 Å². The fourth-order valence-corrected chi connectivity index (χ4v) is 12.1. The Hall–Kier alpha value is -8.98. The lowest BCUT2D eigenvalue weighted by Crippen LogP contribution is -2.15. The summed E-state index contributed by atoms with van der Waals surface area (Å²) in [5, 5.41) is 6.05. The fourth-order valence-electron chi connectivity index (χ4n) is 12.1. The molecule has 0 amide bonds. The number of fused-ring (bicyclic) bond motifs is 9. The topological polar surface area (TPSA) is 17.0 Å². The number of anilines is 2. The van der Waals surface area contributed by atoms with Gasteiger partial charge in [-0.2, -0.15) is 0 Å². The molecule has 1 heterocycles. The zero-order valence-corrected chi connectivity index (χ0v) is 42.3.